The zero-order valence-electron chi connectivity index (χ0n) is 13.0. The monoisotopic (exact) mass is 318 g/mol. The first kappa shape index (κ1) is 15.4. The third-order valence-electron chi connectivity index (χ3n) is 4.29. The quantitative estimate of drug-likeness (QED) is 0.859. The summed E-state index contributed by atoms with van der Waals surface area (Å²) in [7, 11) is 0. The van der Waals surface area contributed by atoms with E-state index in [4.69, 9.17) is 0 Å². The van der Waals surface area contributed by atoms with Gasteiger partial charge in [0.05, 0.1) is 11.4 Å². The van der Waals surface area contributed by atoms with Crippen molar-refractivity contribution in [3.8, 4) is 0 Å². The van der Waals surface area contributed by atoms with E-state index in [1.165, 1.54) is 31.0 Å². The average Bonchev–Trinajstić information content (AvgIpc) is 2.88. The van der Waals surface area contributed by atoms with Gasteiger partial charge in [-0.1, -0.05) is 23.9 Å². The van der Waals surface area contributed by atoms with Gasteiger partial charge in [0, 0.05) is 38.2 Å². The fourth-order valence-corrected chi connectivity index (χ4v) is 4.23. The second-order valence-electron chi connectivity index (χ2n) is 5.98. The Balaban J connectivity index is 1.82. The predicted molar refractivity (Wildman–Crippen MR) is 91.5 cm³/mol. The molecule has 0 bridgehead atoms. The Morgan fingerprint density at radius 1 is 1.14 bits per heavy atom. The molecule has 3 rings (SSSR count). The van der Waals surface area contributed by atoms with Crippen molar-refractivity contribution in [2.24, 2.45) is 0 Å². The van der Waals surface area contributed by atoms with Gasteiger partial charge in [-0.05, 0) is 31.4 Å². The van der Waals surface area contributed by atoms with Crippen LogP contribution >= 0.6 is 11.8 Å². The summed E-state index contributed by atoms with van der Waals surface area (Å²) in [5, 5.41) is 0.170. The lowest BCUT2D eigenvalue weighted by Crippen LogP contribution is -2.33. The van der Waals surface area contributed by atoms with Crippen LogP contribution in [-0.4, -0.2) is 35.9 Å². The van der Waals surface area contributed by atoms with Crippen LogP contribution in [0.25, 0.3) is 0 Å². The molecule has 0 N–H and O–H groups in total. The molecular weight excluding hydrogens is 296 g/mol. The Kier molecular flexibility index (Phi) is 4.71. The minimum absolute atomic E-state index is 0.0828. The molecule has 22 heavy (non-hydrogen) atoms. The smallest absolute Gasteiger partial charge is 0.228 e. The van der Waals surface area contributed by atoms with Crippen molar-refractivity contribution in [2.45, 2.75) is 37.9 Å². The second kappa shape index (κ2) is 6.73. The van der Waals surface area contributed by atoms with Gasteiger partial charge in [0.25, 0.3) is 0 Å². The van der Waals surface area contributed by atoms with Gasteiger partial charge < -0.3 is 9.80 Å². The van der Waals surface area contributed by atoms with Gasteiger partial charge in [0.2, 0.25) is 5.91 Å². The molecule has 2 saturated heterocycles. The second-order valence-corrected chi connectivity index (χ2v) is 7.45. The van der Waals surface area contributed by atoms with Gasteiger partial charge in [0.15, 0.2) is 5.12 Å². The maximum absolute atomic E-state index is 12.4. The Morgan fingerprint density at radius 2 is 1.82 bits per heavy atom. The first-order valence-electron chi connectivity index (χ1n) is 7.96. The van der Waals surface area contributed by atoms with Crippen LogP contribution in [0.1, 0.15) is 32.6 Å². The molecule has 1 aromatic rings. The van der Waals surface area contributed by atoms with E-state index in [0.29, 0.717) is 13.0 Å². The zero-order chi connectivity index (χ0) is 15.5. The predicted octanol–water partition coefficient (Wildman–Crippen LogP) is 3.06. The standard InChI is InChI=1S/C17H22N2O2S/c1-13(20)22-14-11-17(21)19(12-14)16-8-4-3-7-15(16)18-9-5-2-6-10-18/h3-4,7-8,14H,2,5-6,9-12H2,1H3. The zero-order valence-corrected chi connectivity index (χ0v) is 13.8. The fraction of sp³-hybridized carbons (Fsp3) is 0.529. The normalized spacial score (nSPS) is 22.2. The highest BCUT2D eigenvalue weighted by Gasteiger charge is 2.33. The number of carbonyl (C=O) groups excluding carboxylic acids is 2. The average molecular weight is 318 g/mol. The van der Waals surface area contributed by atoms with E-state index < -0.39 is 0 Å². The summed E-state index contributed by atoms with van der Waals surface area (Å²) < 4.78 is 0. The van der Waals surface area contributed by atoms with Crippen molar-refractivity contribution >= 4 is 34.2 Å². The van der Waals surface area contributed by atoms with E-state index in [1.54, 1.807) is 6.92 Å². The summed E-state index contributed by atoms with van der Waals surface area (Å²) >= 11 is 1.29. The summed E-state index contributed by atoms with van der Waals surface area (Å²) in [6, 6.07) is 8.17. The van der Waals surface area contributed by atoms with Crippen LogP contribution in [0.4, 0.5) is 11.4 Å². The maximum Gasteiger partial charge on any atom is 0.228 e. The Hall–Kier alpha value is -1.49. The number of hydrogen-bond donors (Lipinski definition) is 0. The van der Waals surface area contributed by atoms with Crippen molar-refractivity contribution in [3.63, 3.8) is 0 Å². The van der Waals surface area contributed by atoms with Crippen molar-refractivity contribution in [1.82, 2.24) is 0 Å². The minimum Gasteiger partial charge on any atom is -0.370 e. The van der Waals surface area contributed by atoms with E-state index >= 15 is 0 Å². The van der Waals surface area contributed by atoms with E-state index in [1.807, 2.05) is 23.1 Å². The number of rotatable bonds is 3. The van der Waals surface area contributed by atoms with Gasteiger partial charge in [-0.15, -0.1) is 0 Å². The van der Waals surface area contributed by atoms with Crippen molar-refractivity contribution < 1.29 is 9.59 Å². The van der Waals surface area contributed by atoms with Crippen LogP contribution < -0.4 is 9.80 Å². The molecule has 1 atom stereocenters. The molecule has 1 amide bonds. The van der Waals surface area contributed by atoms with Gasteiger partial charge >= 0.3 is 0 Å². The highest BCUT2D eigenvalue weighted by Crippen LogP contribution is 2.36. The Morgan fingerprint density at radius 3 is 2.50 bits per heavy atom. The third kappa shape index (κ3) is 3.29. The topological polar surface area (TPSA) is 40.6 Å². The molecule has 2 fully saturated rings. The molecule has 0 spiro atoms. The van der Waals surface area contributed by atoms with Crippen molar-refractivity contribution in [1.29, 1.82) is 0 Å². The highest BCUT2D eigenvalue weighted by atomic mass is 32.2. The lowest BCUT2D eigenvalue weighted by atomic mass is 10.1. The molecule has 0 aliphatic carbocycles. The molecule has 0 aromatic heterocycles. The maximum atomic E-state index is 12.4. The summed E-state index contributed by atoms with van der Waals surface area (Å²) in [5.41, 5.74) is 2.16. The molecule has 1 unspecified atom stereocenters. The highest BCUT2D eigenvalue weighted by molar-refractivity contribution is 8.14. The summed E-state index contributed by atoms with van der Waals surface area (Å²) in [5.74, 6) is 0.128. The number of carbonyl (C=O) groups is 2. The molecule has 0 saturated carbocycles. The first-order chi connectivity index (χ1) is 10.6. The Bertz CT molecular complexity index is 570. The van der Waals surface area contributed by atoms with Crippen LogP contribution in [0.5, 0.6) is 0 Å². The number of benzene rings is 1. The first-order valence-corrected chi connectivity index (χ1v) is 8.84. The molecule has 4 nitrogen and oxygen atoms in total. The molecule has 1 aromatic carbocycles. The number of piperidine rings is 1. The Labute approximate surface area is 135 Å². The number of para-hydroxylation sites is 2. The number of anilines is 2. The van der Waals surface area contributed by atoms with Crippen LogP contribution in [0.3, 0.4) is 0 Å². The number of thioether (sulfide) groups is 1. The molecular formula is C17H22N2O2S. The van der Waals surface area contributed by atoms with Crippen LogP contribution in [0.2, 0.25) is 0 Å². The van der Waals surface area contributed by atoms with E-state index in [0.717, 1.165) is 24.5 Å². The minimum atomic E-state index is 0.0828. The van der Waals surface area contributed by atoms with Gasteiger partial charge in [0.1, 0.15) is 0 Å². The summed E-state index contributed by atoms with van der Waals surface area (Å²) in [4.78, 5) is 27.9. The number of nitrogens with zero attached hydrogens (tertiary/aromatic N) is 2. The lowest BCUT2D eigenvalue weighted by Gasteiger charge is -2.32. The van der Waals surface area contributed by atoms with Gasteiger partial charge in [-0.25, -0.2) is 0 Å². The number of hydrogen-bond acceptors (Lipinski definition) is 4. The fourth-order valence-electron chi connectivity index (χ4n) is 3.32. The third-order valence-corrected chi connectivity index (χ3v) is 5.27. The largest absolute Gasteiger partial charge is 0.370 e. The summed E-state index contributed by atoms with van der Waals surface area (Å²) in [6.45, 7) is 4.32. The molecule has 2 aliphatic rings. The number of amides is 1. The van der Waals surface area contributed by atoms with Crippen molar-refractivity contribution in [2.75, 3.05) is 29.4 Å². The van der Waals surface area contributed by atoms with Crippen LogP contribution in [0, 0.1) is 0 Å². The van der Waals surface area contributed by atoms with Gasteiger partial charge in [-0.2, -0.15) is 0 Å². The SMILES string of the molecule is CC(=O)SC1CC(=O)N(c2ccccc2N2CCCCC2)C1. The molecule has 0 radical (unpaired) electrons. The molecule has 2 aliphatic heterocycles. The van der Waals surface area contributed by atoms with E-state index in [2.05, 4.69) is 11.0 Å². The van der Waals surface area contributed by atoms with Gasteiger partial charge in [-0.3, -0.25) is 9.59 Å². The van der Waals surface area contributed by atoms with Crippen LogP contribution in [-0.2, 0) is 9.59 Å². The van der Waals surface area contributed by atoms with E-state index in [9.17, 15) is 9.59 Å². The van der Waals surface area contributed by atoms with Crippen molar-refractivity contribution in [3.05, 3.63) is 24.3 Å². The molecule has 118 valence electrons. The lowest BCUT2D eigenvalue weighted by molar-refractivity contribution is -0.117. The summed E-state index contributed by atoms with van der Waals surface area (Å²) in [6.07, 6.45) is 4.17. The molecule has 2 heterocycles. The molecule has 5 heteroatoms. The van der Waals surface area contributed by atoms with E-state index in [-0.39, 0.29) is 16.3 Å². The van der Waals surface area contributed by atoms with Crippen LogP contribution in [0.15, 0.2) is 24.3 Å².